The average molecular weight is 164 g/mol. The van der Waals surface area contributed by atoms with Crippen molar-refractivity contribution in [3.8, 4) is 0 Å². The summed E-state index contributed by atoms with van der Waals surface area (Å²) in [6.07, 6.45) is 3.23. The van der Waals surface area contributed by atoms with Crippen LogP contribution in [0.15, 0.2) is 28.6 Å². The Labute approximate surface area is 68.8 Å². The first-order valence-corrected chi connectivity index (χ1v) is 3.51. The van der Waals surface area contributed by atoms with Crippen molar-refractivity contribution in [2.45, 2.75) is 0 Å². The van der Waals surface area contributed by atoms with E-state index in [4.69, 9.17) is 11.5 Å². The van der Waals surface area contributed by atoms with Crippen molar-refractivity contribution in [1.29, 1.82) is 0 Å². The second-order valence-corrected chi connectivity index (χ2v) is 2.72. The van der Waals surface area contributed by atoms with Crippen molar-refractivity contribution >= 4 is 11.6 Å². The fourth-order valence-corrected chi connectivity index (χ4v) is 1.27. The fraction of sp³-hybridized carbons (Fsp3) is 0.143. The molecule has 0 saturated heterocycles. The number of fused-ring (bicyclic) bond motifs is 1. The lowest BCUT2D eigenvalue weighted by Gasteiger charge is -2.11. The van der Waals surface area contributed by atoms with Gasteiger partial charge in [-0.15, -0.1) is 0 Å². The van der Waals surface area contributed by atoms with Gasteiger partial charge in [0.1, 0.15) is 11.6 Å². The molecular formula is C7H8N4O. The second-order valence-electron chi connectivity index (χ2n) is 2.72. The van der Waals surface area contributed by atoms with Crippen LogP contribution < -0.4 is 16.9 Å². The molecule has 0 radical (unpaired) electrons. The van der Waals surface area contributed by atoms with E-state index in [1.54, 1.807) is 12.2 Å². The molecule has 5 heteroatoms. The van der Waals surface area contributed by atoms with Crippen LogP contribution >= 0.6 is 0 Å². The molecule has 0 aromatic rings. The summed E-state index contributed by atoms with van der Waals surface area (Å²) in [5.74, 6) is -0.570. The molecule has 1 aliphatic carbocycles. The molecule has 0 fully saturated rings. The SMILES string of the molecule is NC1=CC2C(=O)NN=C2C(N)=C1. The maximum absolute atomic E-state index is 11.1. The number of hydrazone groups is 1. The van der Waals surface area contributed by atoms with Gasteiger partial charge in [0.15, 0.2) is 0 Å². The van der Waals surface area contributed by atoms with Gasteiger partial charge >= 0.3 is 0 Å². The zero-order chi connectivity index (χ0) is 8.72. The molecule has 5 N–H and O–H groups in total. The monoisotopic (exact) mass is 164 g/mol. The Morgan fingerprint density at radius 2 is 2.25 bits per heavy atom. The lowest BCUT2D eigenvalue weighted by molar-refractivity contribution is -0.121. The summed E-state index contributed by atoms with van der Waals surface area (Å²) in [7, 11) is 0. The summed E-state index contributed by atoms with van der Waals surface area (Å²) < 4.78 is 0. The van der Waals surface area contributed by atoms with E-state index < -0.39 is 5.92 Å². The lowest BCUT2D eigenvalue weighted by atomic mass is 9.95. The molecule has 5 nitrogen and oxygen atoms in total. The van der Waals surface area contributed by atoms with E-state index in [9.17, 15) is 4.79 Å². The summed E-state index contributed by atoms with van der Waals surface area (Å²) in [6, 6.07) is 0. The van der Waals surface area contributed by atoms with Gasteiger partial charge in [0.2, 0.25) is 0 Å². The Morgan fingerprint density at radius 3 is 3.00 bits per heavy atom. The molecule has 0 aromatic heterocycles. The number of nitrogens with two attached hydrogens (primary N) is 2. The van der Waals surface area contributed by atoms with Gasteiger partial charge in [0.05, 0.1) is 5.70 Å². The minimum Gasteiger partial charge on any atom is -0.399 e. The number of nitrogens with one attached hydrogen (secondary N) is 1. The average Bonchev–Trinajstić information content (AvgIpc) is 2.33. The lowest BCUT2D eigenvalue weighted by Crippen LogP contribution is -2.28. The molecule has 1 unspecified atom stereocenters. The number of carbonyl (C=O) groups excluding carboxylic acids is 1. The minimum absolute atomic E-state index is 0.177. The third-order valence-electron chi connectivity index (χ3n) is 1.84. The highest BCUT2D eigenvalue weighted by Crippen LogP contribution is 2.18. The van der Waals surface area contributed by atoms with Gasteiger partial charge in [-0.1, -0.05) is 0 Å². The van der Waals surface area contributed by atoms with E-state index in [0.717, 1.165) is 0 Å². The quantitative estimate of drug-likeness (QED) is 0.419. The topological polar surface area (TPSA) is 93.5 Å². The van der Waals surface area contributed by atoms with Crippen LogP contribution in [0.1, 0.15) is 0 Å². The van der Waals surface area contributed by atoms with Crippen molar-refractivity contribution in [3.05, 3.63) is 23.5 Å². The molecule has 2 rings (SSSR count). The summed E-state index contributed by atoms with van der Waals surface area (Å²) in [6.45, 7) is 0. The van der Waals surface area contributed by atoms with Crippen LogP contribution in [-0.2, 0) is 4.79 Å². The molecule has 12 heavy (non-hydrogen) atoms. The number of carbonyl (C=O) groups is 1. The Hall–Kier alpha value is -1.78. The fourth-order valence-electron chi connectivity index (χ4n) is 1.27. The number of allylic oxidation sites excluding steroid dienone is 2. The molecule has 2 aliphatic rings. The molecule has 1 amide bonds. The number of hydrogen-bond acceptors (Lipinski definition) is 4. The van der Waals surface area contributed by atoms with Gasteiger partial charge < -0.3 is 11.5 Å². The maximum atomic E-state index is 11.1. The minimum atomic E-state index is -0.394. The Kier molecular flexibility index (Phi) is 1.21. The highest BCUT2D eigenvalue weighted by molar-refractivity contribution is 6.17. The number of nitrogens with zero attached hydrogens (tertiary/aromatic N) is 1. The van der Waals surface area contributed by atoms with Crippen LogP contribution in [0.5, 0.6) is 0 Å². The van der Waals surface area contributed by atoms with E-state index in [2.05, 4.69) is 10.5 Å². The Bertz CT molecular complexity index is 339. The summed E-state index contributed by atoms with van der Waals surface area (Å²) >= 11 is 0. The second kappa shape index (κ2) is 2.10. The van der Waals surface area contributed by atoms with Crippen molar-refractivity contribution in [3.63, 3.8) is 0 Å². The molecule has 1 atom stereocenters. The summed E-state index contributed by atoms with van der Waals surface area (Å²) in [5.41, 5.74) is 15.0. The van der Waals surface area contributed by atoms with Gasteiger partial charge in [0, 0.05) is 5.70 Å². The van der Waals surface area contributed by atoms with Crippen molar-refractivity contribution in [1.82, 2.24) is 5.43 Å². The number of amides is 1. The molecule has 0 bridgehead atoms. The number of rotatable bonds is 0. The molecule has 0 saturated carbocycles. The molecule has 1 heterocycles. The molecule has 0 spiro atoms. The van der Waals surface area contributed by atoms with Gasteiger partial charge in [-0.3, -0.25) is 4.79 Å². The number of hydrogen-bond donors (Lipinski definition) is 3. The molecule has 1 aliphatic heterocycles. The smallest absolute Gasteiger partial charge is 0.253 e. The highest BCUT2D eigenvalue weighted by Gasteiger charge is 2.31. The highest BCUT2D eigenvalue weighted by atomic mass is 16.2. The van der Waals surface area contributed by atoms with Crippen molar-refractivity contribution in [2.24, 2.45) is 22.5 Å². The summed E-state index contributed by atoms with van der Waals surface area (Å²) in [4.78, 5) is 11.1. The predicted octanol–water partition coefficient (Wildman–Crippen LogP) is -1.21. The molecule has 62 valence electrons. The van der Waals surface area contributed by atoms with Gasteiger partial charge in [-0.2, -0.15) is 5.10 Å². The van der Waals surface area contributed by atoms with Crippen LogP contribution in [0.4, 0.5) is 0 Å². The first-order chi connectivity index (χ1) is 5.68. The van der Waals surface area contributed by atoms with Gasteiger partial charge in [-0.05, 0) is 12.2 Å². The zero-order valence-electron chi connectivity index (χ0n) is 6.24. The van der Waals surface area contributed by atoms with Crippen LogP contribution in [0.25, 0.3) is 0 Å². The zero-order valence-corrected chi connectivity index (χ0v) is 6.24. The van der Waals surface area contributed by atoms with Crippen LogP contribution in [-0.4, -0.2) is 11.6 Å². The normalized spacial score (nSPS) is 26.8. The van der Waals surface area contributed by atoms with Crippen molar-refractivity contribution in [2.75, 3.05) is 0 Å². The van der Waals surface area contributed by atoms with E-state index in [-0.39, 0.29) is 5.91 Å². The van der Waals surface area contributed by atoms with E-state index in [0.29, 0.717) is 17.1 Å². The van der Waals surface area contributed by atoms with E-state index in [1.165, 1.54) is 0 Å². The molecular weight excluding hydrogens is 156 g/mol. The maximum Gasteiger partial charge on any atom is 0.253 e. The third-order valence-corrected chi connectivity index (χ3v) is 1.84. The Balaban J connectivity index is 2.45. The standard InChI is InChI=1S/C7H8N4O/c8-3-1-4-6(5(9)2-3)10-11-7(4)12/h1-2,4H,8-9H2,(H,11,12). The first kappa shape index (κ1) is 6.90. The van der Waals surface area contributed by atoms with Crippen LogP contribution in [0.3, 0.4) is 0 Å². The first-order valence-electron chi connectivity index (χ1n) is 3.51. The largest absolute Gasteiger partial charge is 0.399 e. The third kappa shape index (κ3) is 0.795. The van der Waals surface area contributed by atoms with E-state index >= 15 is 0 Å². The van der Waals surface area contributed by atoms with Gasteiger partial charge in [-0.25, -0.2) is 5.43 Å². The van der Waals surface area contributed by atoms with Crippen molar-refractivity contribution < 1.29 is 4.79 Å². The van der Waals surface area contributed by atoms with Crippen LogP contribution in [0, 0.1) is 5.92 Å². The van der Waals surface area contributed by atoms with Gasteiger partial charge in [0.25, 0.3) is 5.91 Å². The van der Waals surface area contributed by atoms with Crippen LogP contribution in [0.2, 0.25) is 0 Å². The Morgan fingerprint density at radius 1 is 1.50 bits per heavy atom. The summed E-state index contributed by atoms with van der Waals surface area (Å²) in [5, 5.41) is 3.78. The predicted molar refractivity (Wildman–Crippen MR) is 43.6 cm³/mol. The molecule has 0 aromatic carbocycles. The van der Waals surface area contributed by atoms with E-state index in [1.807, 2.05) is 0 Å².